The first-order valence-corrected chi connectivity index (χ1v) is 13.2. The summed E-state index contributed by atoms with van der Waals surface area (Å²) in [7, 11) is -2.37. The van der Waals surface area contributed by atoms with Crippen molar-refractivity contribution >= 4 is 31.9 Å². The maximum Gasteiger partial charge on any atom is 0.243 e. The van der Waals surface area contributed by atoms with Gasteiger partial charge >= 0.3 is 0 Å². The number of nitrogens with zero attached hydrogens (tertiary/aromatic N) is 1. The smallest absolute Gasteiger partial charge is 0.243 e. The Labute approximate surface area is 210 Å². The van der Waals surface area contributed by atoms with Crippen LogP contribution in [0.4, 0.5) is 0 Å². The molecule has 34 heavy (non-hydrogen) atoms. The van der Waals surface area contributed by atoms with E-state index in [0.29, 0.717) is 17.7 Å². The standard InChI is InChI=1S/C26H29BrN2O4S/c1-19-16-24(12-13-25(19)33-3)34(31,32)29(15-14-21-8-5-4-6-9-21)18-26(30)28-20(2)22-10-7-11-23(27)17-22/h4-13,16-17,20H,14-15,18H2,1-3H3,(H,28,30). The highest BCUT2D eigenvalue weighted by molar-refractivity contribution is 9.10. The Morgan fingerprint density at radius 2 is 1.79 bits per heavy atom. The Hall–Kier alpha value is -2.68. The minimum absolute atomic E-state index is 0.131. The Balaban J connectivity index is 1.82. The Bertz CT molecular complexity index is 1230. The number of halogens is 1. The van der Waals surface area contributed by atoms with Crippen LogP contribution in [0.3, 0.4) is 0 Å². The van der Waals surface area contributed by atoms with Gasteiger partial charge in [0.1, 0.15) is 5.75 Å². The number of hydrogen-bond acceptors (Lipinski definition) is 4. The number of methoxy groups -OCH3 is 1. The number of carbonyl (C=O) groups is 1. The molecule has 3 rings (SSSR count). The largest absolute Gasteiger partial charge is 0.496 e. The predicted molar refractivity (Wildman–Crippen MR) is 137 cm³/mol. The predicted octanol–water partition coefficient (Wildman–Crippen LogP) is 4.88. The number of sulfonamides is 1. The van der Waals surface area contributed by atoms with Crippen molar-refractivity contribution in [2.75, 3.05) is 20.2 Å². The number of hydrogen-bond donors (Lipinski definition) is 1. The van der Waals surface area contributed by atoms with Crippen molar-refractivity contribution in [3.63, 3.8) is 0 Å². The molecule has 180 valence electrons. The zero-order valence-corrected chi connectivity index (χ0v) is 21.9. The number of benzene rings is 3. The van der Waals surface area contributed by atoms with Gasteiger partial charge in [-0.1, -0.05) is 58.4 Å². The molecule has 1 amide bonds. The van der Waals surface area contributed by atoms with Gasteiger partial charge in [-0.2, -0.15) is 4.31 Å². The third-order valence-corrected chi connectivity index (χ3v) is 7.88. The number of amides is 1. The Morgan fingerprint density at radius 1 is 1.06 bits per heavy atom. The highest BCUT2D eigenvalue weighted by atomic mass is 79.9. The van der Waals surface area contributed by atoms with Crippen molar-refractivity contribution in [3.8, 4) is 5.75 Å². The minimum Gasteiger partial charge on any atom is -0.496 e. The van der Waals surface area contributed by atoms with Gasteiger partial charge in [-0.05, 0) is 67.3 Å². The second kappa shape index (κ2) is 11.6. The van der Waals surface area contributed by atoms with Crippen LogP contribution in [-0.4, -0.2) is 38.8 Å². The van der Waals surface area contributed by atoms with E-state index >= 15 is 0 Å². The van der Waals surface area contributed by atoms with Crippen molar-refractivity contribution in [1.29, 1.82) is 0 Å². The highest BCUT2D eigenvalue weighted by Gasteiger charge is 2.27. The van der Waals surface area contributed by atoms with Crippen molar-refractivity contribution in [2.45, 2.75) is 31.2 Å². The molecule has 0 saturated heterocycles. The molecule has 0 aromatic heterocycles. The average molecular weight is 545 g/mol. The first kappa shape index (κ1) is 25.9. The monoisotopic (exact) mass is 544 g/mol. The number of ether oxygens (including phenoxy) is 1. The fraction of sp³-hybridized carbons (Fsp3) is 0.269. The van der Waals surface area contributed by atoms with Crippen LogP contribution in [0.5, 0.6) is 5.75 Å². The van der Waals surface area contributed by atoms with Crippen LogP contribution in [-0.2, 0) is 21.2 Å². The Kier molecular flexibility index (Phi) is 8.88. The summed E-state index contributed by atoms with van der Waals surface area (Å²) in [6.45, 7) is 3.56. The highest BCUT2D eigenvalue weighted by Crippen LogP contribution is 2.24. The summed E-state index contributed by atoms with van der Waals surface area (Å²) >= 11 is 3.44. The molecule has 6 nitrogen and oxygen atoms in total. The zero-order chi connectivity index (χ0) is 24.7. The number of carbonyl (C=O) groups excluding carboxylic acids is 1. The lowest BCUT2D eigenvalue weighted by Crippen LogP contribution is -2.42. The molecule has 0 saturated carbocycles. The molecular formula is C26H29BrN2O4S. The van der Waals surface area contributed by atoms with E-state index in [1.165, 1.54) is 10.4 Å². The van der Waals surface area contributed by atoms with Gasteiger partial charge in [0, 0.05) is 11.0 Å². The van der Waals surface area contributed by atoms with Crippen LogP contribution in [0.25, 0.3) is 0 Å². The maximum absolute atomic E-state index is 13.5. The summed E-state index contributed by atoms with van der Waals surface area (Å²) in [5, 5.41) is 2.92. The van der Waals surface area contributed by atoms with Gasteiger partial charge in [-0.15, -0.1) is 0 Å². The molecule has 8 heteroatoms. The lowest BCUT2D eigenvalue weighted by molar-refractivity contribution is -0.121. The summed E-state index contributed by atoms with van der Waals surface area (Å²) in [4.78, 5) is 13.1. The van der Waals surface area contributed by atoms with Crippen LogP contribution < -0.4 is 10.1 Å². The van der Waals surface area contributed by atoms with Crippen molar-refractivity contribution in [2.24, 2.45) is 0 Å². The molecule has 3 aromatic rings. The van der Waals surface area contributed by atoms with E-state index in [9.17, 15) is 13.2 Å². The van der Waals surface area contributed by atoms with Gasteiger partial charge in [0.25, 0.3) is 0 Å². The molecule has 3 aromatic carbocycles. The number of nitrogens with one attached hydrogen (secondary N) is 1. The van der Waals surface area contributed by atoms with Crippen LogP contribution in [0.2, 0.25) is 0 Å². The van der Waals surface area contributed by atoms with Gasteiger partial charge in [0.2, 0.25) is 15.9 Å². The van der Waals surface area contributed by atoms with Crippen molar-refractivity contribution < 1.29 is 17.9 Å². The third kappa shape index (κ3) is 6.68. The Morgan fingerprint density at radius 3 is 2.44 bits per heavy atom. The van der Waals surface area contributed by atoms with E-state index in [4.69, 9.17) is 4.74 Å². The van der Waals surface area contributed by atoms with Gasteiger partial charge in [-0.25, -0.2) is 8.42 Å². The van der Waals surface area contributed by atoms with Crippen molar-refractivity contribution in [1.82, 2.24) is 9.62 Å². The van der Waals surface area contributed by atoms with E-state index in [1.807, 2.05) is 61.5 Å². The molecule has 0 aliphatic rings. The lowest BCUT2D eigenvalue weighted by Gasteiger charge is -2.24. The maximum atomic E-state index is 13.5. The molecule has 0 aliphatic carbocycles. The zero-order valence-electron chi connectivity index (χ0n) is 19.5. The van der Waals surface area contributed by atoms with Crippen LogP contribution >= 0.6 is 15.9 Å². The summed E-state index contributed by atoms with van der Waals surface area (Å²) in [5.74, 6) is 0.240. The fourth-order valence-electron chi connectivity index (χ4n) is 3.65. The quantitative estimate of drug-likeness (QED) is 0.394. The molecule has 1 N–H and O–H groups in total. The normalized spacial score (nSPS) is 12.4. The summed E-state index contributed by atoms with van der Waals surface area (Å²) in [6, 6.07) is 21.7. The molecule has 1 unspecified atom stereocenters. The molecule has 0 radical (unpaired) electrons. The molecule has 0 aliphatic heterocycles. The second-order valence-electron chi connectivity index (χ2n) is 8.05. The molecule has 0 spiro atoms. The fourth-order valence-corrected chi connectivity index (χ4v) is 5.55. The first-order valence-electron chi connectivity index (χ1n) is 10.9. The van der Waals surface area contributed by atoms with Crippen LogP contribution in [0, 0.1) is 6.92 Å². The molecule has 0 fully saturated rings. The molecule has 0 heterocycles. The van der Waals surface area contributed by atoms with Gasteiger partial charge in [0.15, 0.2) is 0 Å². The van der Waals surface area contributed by atoms with Gasteiger partial charge in [-0.3, -0.25) is 4.79 Å². The SMILES string of the molecule is COc1ccc(S(=O)(=O)N(CCc2ccccc2)CC(=O)NC(C)c2cccc(Br)c2)cc1C. The molecule has 0 bridgehead atoms. The number of aryl methyl sites for hydroxylation is 1. The average Bonchev–Trinajstić information content (AvgIpc) is 2.82. The van der Waals surface area contributed by atoms with Gasteiger partial charge in [0.05, 0.1) is 24.6 Å². The van der Waals surface area contributed by atoms with Crippen LogP contribution in [0.15, 0.2) is 82.2 Å². The minimum atomic E-state index is -3.91. The summed E-state index contributed by atoms with van der Waals surface area (Å²) in [5.41, 5.74) is 2.63. The molecule has 1 atom stereocenters. The first-order chi connectivity index (χ1) is 16.2. The molecular weight excluding hydrogens is 516 g/mol. The topological polar surface area (TPSA) is 75.7 Å². The van der Waals surface area contributed by atoms with E-state index in [2.05, 4.69) is 21.2 Å². The lowest BCUT2D eigenvalue weighted by atomic mass is 10.1. The van der Waals surface area contributed by atoms with E-state index in [-0.39, 0.29) is 29.9 Å². The van der Waals surface area contributed by atoms with E-state index < -0.39 is 10.0 Å². The van der Waals surface area contributed by atoms with Gasteiger partial charge < -0.3 is 10.1 Å². The van der Waals surface area contributed by atoms with Crippen molar-refractivity contribution in [3.05, 3.63) is 94.0 Å². The van der Waals surface area contributed by atoms with E-state index in [1.54, 1.807) is 26.2 Å². The van der Waals surface area contributed by atoms with E-state index in [0.717, 1.165) is 15.6 Å². The summed E-state index contributed by atoms with van der Waals surface area (Å²) in [6.07, 6.45) is 0.490. The third-order valence-electron chi connectivity index (χ3n) is 5.54. The summed E-state index contributed by atoms with van der Waals surface area (Å²) < 4.78 is 34.5. The number of rotatable bonds is 10. The second-order valence-corrected chi connectivity index (χ2v) is 10.9. The van der Waals surface area contributed by atoms with Crippen LogP contribution in [0.1, 0.15) is 29.7 Å².